The highest BCUT2D eigenvalue weighted by Gasteiger charge is 2.24. The van der Waals surface area contributed by atoms with E-state index in [1.165, 1.54) is 63.5 Å². The van der Waals surface area contributed by atoms with Gasteiger partial charge in [-0.05, 0) is 50.7 Å². The molecule has 0 aromatic heterocycles. The molecule has 0 aliphatic carbocycles. The van der Waals surface area contributed by atoms with Gasteiger partial charge in [-0.2, -0.15) is 0 Å². The minimum absolute atomic E-state index is 0.472. The molecular weight excluding hydrogens is 458 g/mol. The van der Waals surface area contributed by atoms with Gasteiger partial charge in [0.2, 0.25) is 0 Å². The van der Waals surface area contributed by atoms with Crippen molar-refractivity contribution in [2.45, 2.75) is 155 Å². The maximum absolute atomic E-state index is 14.3. The molecule has 2 amide bonds. The number of carbonyl (C=O) groups is 2. The Bertz CT molecular complexity index is 580. The van der Waals surface area contributed by atoms with Gasteiger partial charge in [-0.15, -0.1) is 0 Å². The number of unbranched alkanes of at least 4 members (excludes halogenated alkanes) is 14. The van der Waals surface area contributed by atoms with Gasteiger partial charge in [0.1, 0.15) is 0 Å². The molecule has 0 rings (SSSR count). The Morgan fingerprint density at radius 1 is 0.556 bits per heavy atom. The minimum atomic E-state index is -0.790. The van der Waals surface area contributed by atoms with E-state index in [1.54, 1.807) is 0 Å². The molecule has 0 radical (unpaired) electrons. The highest BCUT2D eigenvalue weighted by atomic mass is 19.1. The van der Waals surface area contributed by atoms with Crippen LogP contribution < -0.4 is 10.6 Å². The lowest BCUT2D eigenvalue weighted by atomic mass is 10.0. The lowest BCUT2D eigenvalue weighted by Crippen LogP contribution is -2.51. The van der Waals surface area contributed by atoms with Gasteiger partial charge in [0.25, 0.3) is 11.8 Å². The van der Waals surface area contributed by atoms with Gasteiger partial charge in [0.05, 0.1) is 0 Å². The van der Waals surface area contributed by atoms with Gasteiger partial charge in [0.15, 0.2) is 11.7 Å². The zero-order chi connectivity index (χ0) is 27.0. The molecule has 6 heteroatoms. The van der Waals surface area contributed by atoms with Crippen molar-refractivity contribution in [3.63, 3.8) is 0 Å². The predicted molar refractivity (Wildman–Crippen MR) is 148 cm³/mol. The number of allylic oxidation sites excluding steroid dienone is 2. The highest BCUT2D eigenvalue weighted by Crippen LogP contribution is 2.13. The normalized spacial score (nSPS) is 13.9. The molecule has 0 bridgehead atoms. The van der Waals surface area contributed by atoms with Crippen LogP contribution in [0.25, 0.3) is 0 Å². The summed E-state index contributed by atoms with van der Waals surface area (Å²) >= 11 is 0. The van der Waals surface area contributed by atoms with E-state index in [1.807, 2.05) is 13.8 Å². The second kappa shape index (κ2) is 23.7. The average molecular weight is 513 g/mol. The molecule has 0 aliphatic heterocycles. The van der Waals surface area contributed by atoms with E-state index in [9.17, 15) is 18.4 Å². The molecule has 0 saturated heterocycles. The van der Waals surface area contributed by atoms with Crippen LogP contribution in [-0.2, 0) is 9.59 Å². The first-order valence-corrected chi connectivity index (χ1v) is 14.7. The smallest absolute Gasteiger partial charge is 0.279 e. The van der Waals surface area contributed by atoms with Crippen molar-refractivity contribution >= 4 is 11.8 Å². The van der Waals surface area contributed by atoms with Gasteiger partial charge < -0.3 is 10.6 Å². The minimum Gasteiger partial charge on any atom is -0.345 e. The molecule has 0 heterocycles. The second-order valence-electron chi connectivity index (χ2n) is 9.90. The summed E-state index contributed by atoms with van der Waals surface area (Å²) in [5.41, 5.74) is 0. The molecule has 210 valence electrons. The van der Waals surface area contributed by atoms with Gasteiger partial charge in [-0.25, -0.2) is 8.78 Å². The monoisotopic (exact) mass is 512 g/mol. The van der Waals surface area contributed by atoms with Gasteiger partial charge in [0, 0.05) is 12.1 Å². The van der Waals surface area contributed by atoms with Crippen LogP contribution >= 0.6 is 0 Å². The van der Waals surface area contributed by atoms with E-state index >= 15 is 0 Å². The van der Waals surface area contributed by atoms with Crippen LogP contribution in [-0.4, -0.2) is 23.9 Å². The summed E-state index contributed by atoms with van der Waals surface area (Å²) in [7, 11) is 0. The van der Waals surface area contributed by atoms with Gasteiger partial charge in [-0.3, -0.25) is 9.59 Å². The molecule has 0 spiro atoms. The average Bonchev–Trinajstić information content (AvgIpc) is 2.88. The molecular formula is C30H54F2N2O2. The van der Waals surface area contributed by atoms with Crippen molar-refractivity contribution < 1.29 is 18.4 Å². The molecule has 36 heavy (non-hydrogen) atoms. The fourth-order valence-electron chi connectivity index (χ4n) is 4.29. The Kier molecular flexibility index (Phi) is 22.5. The molecule has 2 unspecified atom stereocenters. The predicted octanol–water partition coefficient (Wildman–Crippen LogP) is 8.76. The number of amides is 2. The largest absolute Gasteiger partial charge is 0.345 e. The molecule has 0 aliphatic rings. The zero-order valence-electron chi connectivity index (χ0n) is 23.6. The van der Waals surface area contributed by atoms with E-state index in [-0.39, 0.29) is 0 Å². The van der Waals surface area contributed by atoms with Crippen LogP contribution in [0, 0.1) is 0 Å². The fraction of sp³-hybridized carbons (Fsp3) is 0.800. The van der Waals surface area contributed by atoms with Crippen LogP contribution in [0.5, 0.6) is 0 Å². The van der Waals surface area contributed by atoms with Crippen molar-refractivity contribution in [2.75, 3.05) is 0 Å². The van der Waals surface area contributed by atoms with Gasteiger partial charge >= 0.3 is 0 Å². The zero-order valence-corrected chi connectivity index (χ0v) is 23.6. The first kappa shape index (κ1) is 34.3. The summed E-state index contributed by atoms with van der Waals surface area (Å²) in [6.07, 6.45) is 20.7. The summed E-state index contributed by atoms with van der Waals surface area (Å²) in [6.45, 7) is 8.08. The molecule has 0 saturated carbocycles. The first-order valence-electron chi connectivity index (χ1n) is 14.7. The number of rotatable bonds is 23. The van der Waals surface area contributed by atoms with E-state index in [2.05, 4.69) is 24.5 Å². The summed E-state index contributed by atoms with van der Waals surface area (Å²) < 4.78 is 28.6. The lowest BCUT2D eigenvalue weighted by molar-refractivity contribution is -0.122. The summed E-state index contributed by atoms with van der Waals surface area (Å²) in [4.78, 5) is 24.6. The van der Waals surface area contributed by atoms with Crippen LogP contribution in [0.3, 0.4) is 0 Å². The molecule has 0 fully saturated rings. The third kappa shape index (κ3) is 17.7. The Balaban J connectivity index is 4.47. The number of hydrogen-bond acceptors (Lipinski definition) is 2. The highest BCUT2D eigenvalue weighted by molar-refractivity contribution is 5.92. The quantitative estimate of drug-likeness (QED) is 0.106. The van der Waals surface area contributed by atoms with Crippen molar-refractivity contribution in [1.82, 2.24) is 10.6 Å². The maximum Gasteiger partial charge on any atom is 0.279 e. The Morgan fingerprint density at radius 3 is 1.17 bits per heavy atom. The van der Waals surface area contributed by atoms with E-state index in [0.717, 1.165) is 38.5 Å². The Hall–Kier alpha value is -1.72. The van der Waals surface area contributed by atoms with Crippen LogP contribution in [0.1, 0.15) is 143 Å². The SMILES string of the molecule is CCCCCCCCCC=C(F)C(=O)NC(CC)C(CC)NC(=O)C(F)=CCCCCCCCCC. The summed E-state index contributed by atoms with van der Waals surface area (Å²) in [5.74, 6) is -3.12. The molecule has 2 atom stereocenters. The third-order valence-corrected chi connectivity index (χ3v) is 6.69. The van der Waals surface area contributed by atoms with E-state index < -0.39 is 35.6 Å². The number of nitrogens with one attached hydrogen (secondary N) is 2. The molecule has 0 aromatic rings. The van der Waals surface area contributed by atoms with E-state index in [4.69, 9.17) is 0 Å². The summed E-state index contributed by atoms with van der Waals surface area (Å²) in [5, 5.41) is 5.36. The van der Waals surface area contributed by atoms with Crippen molar-refractivity contribution in [1.29, 1.82) is 0 Å². The van der Waals surface area contributed by atoms with Crippen LogP contribution in [0.15, 0.2) is 23.8 Å². The summed E-state index contributed by atoms with van der Waals surface area (Å²) in [6, 6.07) is -0.944. The van der Waals surface area contributed by atoms with Gasteiger partial charge in [-0.1, -0.05) is 105 Å². The fourth-order valence-corrected chi connectivity index (χ4v) is 4.29. The Morgan fingerprint density at radius 2 is 0.861 bits per heavy atom. The van der Waals surface area contributed by atoms with E-state index in [0.29, 0.717) is 25.7 Å². The van der Waals surface area contributed by atoms with Crippen molar-refractivity contribution in [3.05, 3.63) is 23.8 Å². The van der Waals surface area contributed by atoms with Crippen molar-refractivity contribution in [2.24, 2.45) is 0 Å². The molecule has 2 N–H and O–H groups in total. The Labute approximate surface area is 220 Å². The standard InChI is InChI=1S/C30H54F2N2O2/c1-5-9-11-13-15-17-19-21-23-25(31)29(35)33-27(7-3)28(8-4)34-30(36)26(32)24-22-20-18-16-14-12-10-6-2/h23-24,27-28H,5-22H2,1-4H3,(H,33,35)(H,34,36). The lowest BCUT2D eigenvalue weighted by Gasteiger charge is -2.26. The number of carbonyl (C=O) groups excluding carboxylic acids is 2. The number of halogens is 2. The van der Waals surface area contributed by atoms with Crippen LogP contribution in [0.2, 0.25) is 0 Å². The second-order valence-corrected chi connectivity index (χ2v) is 9.90. The first-order chi connectivity index (χ1) is 17.4. The molecule has 4 nitrogen and oxygen atoms in total. The maximum atomic E-state index is 14.3. The topological polar surface area (TPSA) is 58.2 Å². The third-order valence-electron chi connectivity index (χ3n) is 6.69. The molecule has 0 aromatic carbocycles. The van der Waals surface area contributed by atoms with Crippen molar-refractivity contribution in [3.8, 4) is 0 Å². The van der Waals surface area contributed by atoms with Crippen LogP contribution in [0.4, 0.5) is 8.78 Å². The number of hydrogen-bond donors (Lipinski definition) is 2.